The molecule has 0 aliphatic heterocycles. The number of hydrogen-bond donors (Lipinski definition) is 3. The number of amides is 1. The minimum atomic E-state index is -0.173. The van der Waals surface area contributed by atoms with Crippen molar-refractivity contribution in [3.05, 3.63) is 48.6 Å². The maximum Gasteiger partial charge on any atom is 0.242 e. The molecular weight excluding hydrogens is 367 g/mol. The predicted molar refractivity (Wildman–Crippen MR) is 93.3 cm³/mol. The second-order valence-corrected chi connectivity index (χ2v) is 3.96. The van der Waals surface area contributed by atoms with E-state index in [2.05, 4.69) is 34.3 Å². The van der Waals surface area contributed by atoms with Gasteiger partial charge in [0.15, 0.2) is 5.96 Å². The van der Waals surface area contributed by atoms with E-state index in [0.717, 1.165) is 6.42 Å². The number of guanidine groups is 1. The number of nitrogens with two attached hydrogens (primary N) is 1. The molecule has 6 heteroatoms. The summed E-state index contributed by atoms with van der Waals surface area (Å²) in [4.78, 5) is 15.2. The van der Waals surface area contributed by atoms with Gasteiger partial charge >= 0.3 is 0 Å². The van der Waals surface area contributed by atoms with E-state index in [0.29, 0.717) is 13.1 Å². The van der Waals surface area contributed by atoms with Gasteiger partial charge in [-0.3, -0.25) is 4.79 Å². The normalized spacial score (nSPS) is 10.3. The van der Waals surface area contributed by atoms with Gasteiger partial charge in [0.2, 0.25) is 5.91 Å². The molecule has 1 aromatic rings. The highest BCUT2D eigenvalue weighted by molar-refractivity contribution is 14.0. The first-order valence-electron chi connectivity index (χ1n) is 6.17. The van der Waals surface area contributed by atoms with Gasteiger partial charge in [-0.2, -0.15) is 0 Å². The molecule has 4 N–H and O–H groups in total. The largest absolute Gasteiger partial charge is 0.370 e. The zero-order valence-electron chi connectivity index (χ0n) is 11.3. The van der Waals surface area contributed by atoms with Crippen molar-refractivity contribution in [2.24, 2.45) is 10.7 Å². The van der Waals surface area contributed by atoms with Crippen molar-refractivity contribution >= 4 is 35.8 Å². The minimum absolute atomic E-state index is 0. The second kappa shape index (κ2) is 11.3. The molecular formula is C14H21IN4O. The van der Waals surface area contributed by atoms with E-state index >= 15 is 0 Å². The van der Waals surface area contributed by atoms with Crippen LogP contribution in [0.3, 0.4) is 0 Å². The highest BCUT2D eigenvalue weighted by Crippen LogP contribution is 1.97. The topological polar surface area (TPSA) is 79.5 Å². The van der Waals surface area contributed by atoms with Gasteiger partial charge in [-0.1, -0.05) is 36.4 Å². The number of benzene rings is 1. The lowest BCUT2D eigenvalue weighted by atomic mass is 10.1. The number of carbonyl (C=O) groups excluding carboxylic acids is 1. The molecule has 20 heavy (non-hydrogen) atoms. The summed E-state index contributed by atoms with van der Waals surface area (Å²) in [5.41, 5.74) is 6.88. The van der Waals surface area contributed by atoms with Gasteiger partial charge in [0.25, 0.3) is 0 Å². The predicted octanol–water partition coefficient (Wildman–Crippen LogP) is 1.05. The van der Waals surface area contributed by atoms with Crippen LogP contribution >= 0.6 is 24.0 Å². The average Bonchev–Trinajstić information content (AvgIpc) is 2.44. The lowest BCUT2D eigenvalue weighted by Crippen LogP contribution is -2.35. The zero-order valence-corrected chi connectivity index (χ0v) is 13.7. The Bertz CT molecular complexity index is 434. The van der Waals surface area contributed by atoms with Gasteiger partial charge in [-0.25, -0.2) is 4.99 Å². The van der Waals surface area contributed by atoms with E-state index in [1.54, 1.807) is 6.08 Å². The molecule has 1 aromatic carbocycles. The van der Waals surface area contributed by atoms with Crippen LogP contribution < -0.4 is 16.4 Å². The van der Waals surface area contributed by atoms with E-state index in [9.17, 15) is 4.79 Å². The minimum Gasteiger partial charge on any atom is -0.370 e. The summed E-state index contributed by atoms with van der Waals surface area (Å²) in [6.07, 6.45) is 2.48. The van der Waals surface area contributed by atoms with Gasteiger partial charge < -0.3 is 16.4 Å². The van der Waals surface area contributed by atoms with Crippen LogP contribution in [0.15, 0.2) is 48.0 Å². The Morgan fingerprint density at radius 3 is 2.65 bits per heavy atom. The van der Waals surface area contributed by atoms with Crippen LogP contribution in [0.4, 0.5) is 0 Å². The smallest absolute Gasteiger partial charge is 0.242 e. The van der Waals surface area contributed by atoms with Crippen molar-refractivity contribution in [2.75, 3.05) is 19.6 Å². The fourth-order valence-electron chi connectivity index (χ4n) is 1.43. The van der Waals surface area contributed by atoms with Crippen LogP contribution in [0.5, 0.6) is 0 Å². The summed E-state index contributed by atoms with van der Waals surface area (Å²) >= 11 is 0. The Hall–Kier alpha value is -1.57. The third-order valence-corrected chi connectivity index (χ3v) is 2.40. The van der Waals surface area contributed by atoms with Crippen molar-refractivity contribution in [1.29, 1.82) is 0 Å². The molecule has 0 bridgehead atoms. The van der Waals surface area contributed by atoms with Crippen molar-refractivity contribution in [3.8, 4) is 0 Å². The summed E-state index contributed by atoms with van der Waals surface area (Å²) in [5, 5.41) is 5.59. The second-order valence-electron chi connectivity index (χ2n) is 3.96. The molecule has 0 heterocycles. The molecule has 5 nitrogen and oxygen atoms in total. The Morgan fingerprint density at radius 1 is 1.30 bits per heavy atom. The fraction of sp³-hybridized carbons (Fsp3) is 0.286. The first kappa shape index (κ1) is 18.4. The van der Waals surface area contributed by atoms with Crippen molar-refractivity contribution < 1.29 is 4.79 Å². The number of carbonyl (C=O) groups is 1. The van der Waals surface area contributed by atoms with Crippen LogP contribution in [0, 0.1) is 0 Å². The number of rotatable bonds is 7. The maximum atomic E-state index is 11.3. The van der Waals surface area contributed by atoms with Crippen LogP contribution in [-0.2, 0) is 11.2 Å². The van der Waals surface area contributed by atoms with E-state index in [-0.39, 0.29) is 42.4 Å². The van der Waals surface area contributed by atoms with Crippen LogP contribution in [0.1, 0.15) is 5.56 Å². The van der Waals surface area contributed by atoms with Gasteiger partial charge in [0.05, 0.1) is 0 Å². The molecule has 0 fully saturated rings. The number of nitrogens with one attached hydrogen (secondary N) is 2. The van der Waals surface area contributed by atoms with Crippen LogP contribution in [0.2, 0.25) is 0 Å². The SMILES string of the molecule is C=CCNC(=O)CN=C(N)NCCc1ccccc1.I. The summed E-state index contributed by atoms with van der Waals surface area (Å²) in [5.74, 6) is 0.109. The molecule has 0 saturated heterocycles. The Kier molecular flexibility index (Phi) is 10.4. The lowest BCUT2D eigenvalue weighted by molar-refractivity contribution is -0.119. The number of halogens is 1. The Balaban J connectivity index is 0.00000361. The molecule has 0 spiro atoms. The molecule has 0 saturated carbocycles. The van der Waals surface area contributed by atoms with Gasteiger partial charge in [-0.15, -0.1) is 30.6 Å². The van der Waals surface area contributed by atoms with Gasteiger partial charge in [0.1, 0.15) is 6.54 Å². The number of aliphatic imine (C=N–C) groups is 1. The quantitative estimate of drug-likeness (QED) is 0.283. The van der Waals surface area contributed by atoms with Crippen molar-refractivity contribution in [3.63, 3.8) is 0 Å². The molecule has 1 amide bonds. The molecule has 0 aliphatic rings. The third kappa shape index (κ3) is 8.52. The van der Waals surface area contributed by atoms with Crippen molar-refractivity contribution in [2.45, 2.75) is 6.42 Å². The zero-order chi connectivity index (χ0) is 13.9. The van der Waals surface area contributed by atoms with E-state index in [4.69, 9.17) is 5.73 Å². The summed E-state index contributed by atoms with van der Waals surface area (Å²) < 4.78 is 0. The Morgan fingerprint density at radius 2 is 2.00 bits per heavy atom. The van der Waals surface area contributed by atoms with E-state index < -0.39 is 0 Å². The summed E-state index contributed by atoms with van der Waals surface area (Å²) in [6, 6.07) is 10.1. The maximum absolute atomic E-state index is 11.3. The highest BCUT2D eigenvalue weighted by atomic mass is 127. The molecule has 0 radical (unpaired) electrons. The number of hydrogen-bond acceptors (Lipinski definition) is 2. The Labute approximate surface area is 136 Å². The molecule has 0 aromatic heterocycles. The monoisotopic (exact) mass is 388 g/mol. The van der Waals surface area contributed by atoms with Crippen LogP contribution in [0.25, 0.3) is 0 Å². The lowest BCUT2D eigenvalue weighted by Gasteiger charge is -2.05. The van der Waals surface area contributed by atoms with Crippen molar-refractivity contribution in [1.82, 2.24) is 10.6 Å². The standard InChI is InChI=1S/C14H20N4O.HI/c1-2-9-16-13(19)11-18-14(15)17-10-8-12-6-4-3-5-7-12;/h2-7H,1,8-11H2,(H,16,19)(H3,15,17,18);1H. The molecule has 0 unspecified atom stereocenters. The molecule has 1 rings (SSSR count). The van der Waals surface area contributed by atoms with Crippen LogP contribution in [-0.4, -0.2) is 31.5 Å². The van der Waals surface area contributed by atoms with E-state index in [1.165, 1.54) is 5.56 Å². The summed E-state index contributed by atoms with van der Waals surface area (Å²) in [7, 11) is 0. The average molecular weight is 388 g/mol. The first-order chi connectivity index (χ1) is 9.22. The summed E-state index contributed by atoms with van der Waals surface area (Å²) in [6.45, 7) is 4.66. The molecule has 0 aliphatic carbocycles. The van der Waals surface area contributed by atoms with Gasteiger partial charge in [0, 0.05) is 13.1 Å². The van der Waals surface area contributed by atoms with Gasteiger partial charge in [-0.05, 0) is 12.0 Å². The third-order valence-electron chi connectivity index (χ3n) is 2.40. The molecule has 0 atom stereocenters. The van der Waals surface area contributed by atoms with E-state index in [1.807, 2.05) is 18.2 Å². The fourth-order valence-corrected chi connectivity index (χ4v) is 1.43. The number of nitrogens with zero attached hydrogens (tertiary/aromatic N) is 1. The molecule has 110 valence electrons. The highest BCUT2D eigenvalue weighted by Gasteiger charge is 1.98. The first-order valence-corrected chi connectivity index (χ1v) is 6.17.